The molecule has 2 rings (SSSR count). The number of fused-ring (bicyclic) bond motifs is 1. The number of nitrogens with one attached hydrogen (secondary N) is 1. The minimum absolute atomic E-state index is 0.156. The molecule has 0 aliphatic heterocycles. The van der Waals surface area contributed by atoms with Gasteiger partial charge in [0, 0.05) is 18.0 Å². The average Bonchev–Trinajstić information content (AvgIpc) is 2.78. The lowest BCUT2D eigenvalue weighted by Crippen LogP contribution is -2.33. The van der Waals surface area contributed by atoms with Crippen molar-refractivity contribution in [3.8, 4) is 0 Å². The Kier molecular flexibility index (Phi) is 4.12. The van der Waals surface area contributed by atoms with Gasteiger partial charge in [0.05, 0.1) is 18.3 Å². The standard InChI is InChI=1S/C13H19N3O/c1-2-14-12(10-17)7-8-16-13-6-4-3-5-11(13)9-15-16/h3-6,9,12,14,17H,2,7-8,10H2,1H3. The van der Waals surface area contributed by atoms with Gasteiger partial charge >= 0.3 is 0 Å². The molecule has 0 fully saturated rings. The van der Waals surface area contributed by atoms with Gasteiger partial charge in [-0.1, -0.05) is 25.1 Å². The van der Waals surface area contributed by atoms with E-state index in [1.165, 1.54) is 0 Å². The van der Waals surface area contributed by atoms with Gasteiger partial charge in [0.2, 0.25) is 0 Å². The van der Waals surface area contributed by atoms with Crippen LogP contribution in [0.5, 0.6) is 0 Å². The Balaban J connectivity index is 2.03. The predicted molar refractivity (Wildman–Crippen MR) is 68.9 cm³/mol. The maximum atomic E-state index is 9.21. The molecule has 0 aliphatic carbocycles. The van der Waals surface area contributed by atoms with Gasteiger partial charge in [-0.15, -0.1) is 0 Å². The van der Waals surface area contributed by atoms with E-state index in [-0.39, 0.29) is 12.6 Å². The van der Waals surface area contributed by atoms with Gasteiger partial charge in [0.15, 0.2) is 0 Å². The Morgan fingerprint density at radius 3 is 3.00 bits per heavy atom. The van der Waals surface area contributed by atoms with Crippen LogP contribution in [0, 0.1) is 0 Å². The molecule has 2 aromatic rings. The van der Waals surface area contributed by atoms with Crippen LogP contribution in [0.1, 0.15) is 13.3 Å². The lowest BCUT2D eigenvalue weighted by Gasteiger charge is -2.14. The summed E-state index contributed by atoms with van der Waals surface area (Å²) in [7, 11) is 0. The summed E-state index contributed by atoms with van der Waals surface area (Å²) in [6.07, 6.45) is 2.77. The second-order valence-electron chi connectivity index (χ2n) is 4.15. The van der Waals surface area contributed by atoms with Gasteiger partial charge < -0.3 is 10.4 Å². The van der Waals surface area contributed by atoms with Crippen LogP contribution in [0.2, 0.25) is 0 Å². The highest BCUT2D eigenvalue weighted by Gasteiger charge is 2.07. The molecule has 1 aromatic carbocycles. The number of rotatable bonds is 6. The SMILES string of the molecule is CCNC(CO)CCn1ncc2ccccc21. The fourth-order valence-corrected chi connectivity index (χ4v) is 2.03. The van der Waals surface area contributed by atoms with Crippen LogP contribution in [-0.4, -0.2) is 34.1 Å². The number of hydrogen-bond donors (Lipinski definition) is 2. The Labute approximate surface area is 101 Å². The minimum atomic E-state index is 0.156. The Hall–Kier alpha value is -1.39. The number of nitrogens with zero attached hydrogens (tertiary/aromatic N) is 2. The van der Waals surface area contributed by atoms with E-state index in [4.69, 9.17) is 0 Å². The molecule has 0 aliphatic rings. The predicted octanol–water partition coefficient (Wildman–Crippen LogP) is 1.40. The third-order valence-corrected chi connectivity index (χ3v) is 2.95. The van der Waals surface area contributed by atoms with E-state index in [1.807, 2.05) is 29.9 Å². The number of aromatic nitrogens is 2. The molecule has 2 N–H and O–H groups in total. The van der Waals surface area contributed by atoms with Crippen molar-refractivity contribution in [1.29, 1.82) is 0 Å². The van der Waals surface area contributed by atoms with Crippen LogP contribution in [-0.2, 0) is 6.54 Å². The number of benzene rings is 1. The summed E-state index contributed by atoms with van der Waals surface area (Å²) in [5, 5.41) is 18.0. The smallest absolute Gasteiger partial charge is 0.0682 e. The van der Waals surface area contributed by atoms with Crippen molar-refractivity contribution in [3.63, 3.8) is 0 Å². The van der Waals surface area contributed by atoms with Crippen molar-refractivity contribution in [2.75, 3.05) is 13.2 Å². The number of para-hydroxylation sites is 1. The van der Waals surface area contributed by atoms with Crippen molar-refractivity contribution in [1.82, 2.24) is 15.1 Å². The molecule has 92 valence electrons. The molecule has 1 aromatic heterocycles. The van der Waals surface area contributed by atoms with Crippen LogP contribution >= 0.6 is 0 Å². The van der Waals surface area contributed by atoms with Crippen molar-refractivity contribution in [2.24, 2.45) is 0 Å². The summed E-state index contributed by atoms with van der Waals surface area (Å²) in [6.45, 7) is 3.93. The Bertz CT molecular complexity index is 466. The van der Waals surface area contributed by atoms with Crippen LogP contribution in [0.3, 0.4) is 0 Å². The van der Waals surface area contributed by atoms with Crippen LogP contribution in [0.15, 0.2) is 30.5 Å². The monoisotopic (exact) mass is 233 g/mol. The molecule has 0 saturated heterocycles. The highest BCUT2D eigenvalue weighted by Crippen LogP contribution is 2.13. The first kappa shape index (κ1) is 12.1. The molecule has 0 saturated carbocycles. The molecule has 4 heteroatoms. The summed E-state index contributed by atoms with van der Waals surface area (Å²) in [5.74, 6) is 0. The molecule has 1 unspecified atom stereocenters. The molecule has 0 spiro atoms. The minimum Gasteiger partial charge on any atom is -0.395 e. The van der Waals surface area contributed by atoms with Crippen molar-refractivity contribution in [2.45, 2.75) is 25.9 Å². The van der Waals surface area contributed by atoms with E-state index < -0.39 is 0 Å². The number of aryl methyl sites for hydroxylation is 1. The Morgan fingerprint density at radius 2 is 2.24 bits per heavy atom. The molecule has 17 heavy (non-hydrogen) atoms. The van der Waals surface area contributed by atoms with E-state index in [9.17, 15) is 5.11 Å². The van der Waals surface area contributed by atoms with Gasteiger partial charge in [0.1, 0.15) is 0 Å². The number of aliphatic hydroxyl groups is 1. The van der Waals surface area contributed by atoms with E-state index in [0.29, 0.717) is 0 Å². The summed E-state index contributed by atoms with van der Waals surface area (Å²) < 4.78 is 2.00. The van der Waals surface area contributed by atoms with Crippen LogP contribution in [0.4, 0.5) is 0 Å². The second-order valence-corrected chi connectivity index (χ2v) is 4.15. The maximum Gasteiger partial charge on any atom is 0.0682 e. The molecule has 1 heterocycles. The molecule has 0 bridgehead atoms. The van der Waals surface area contributed by atoms with Crippen LogP contribution < -0.4 is 5.32 Å². The van der Waals surface area contributed by atoms with Crippen LogP contribution in [0.25, 0.3) is 10.9 Å². The van der Waals surface area contributed by atoms with Crippen molar-refractivity contribution < 1.29 is 5.11 Å². The molecule has 1 atom stereocenters. The first-order chi connectivity index (χ1) is 8.35. The second kappa shape index (κ2) is 5.80. The largest absolute Gasteiger partial charge is 0.395 e. The van der Waals surface area contributed by atoms with E-state index >= 15 is 0 Å². The highest BCUT2D eigenvalue weighted by atomic mass is 16.3. The molecule has 0 radical (unpaired) electrons. The lowest BCUT2D eigenvalue weighted by molar-refractivity contribution is 0.232. The van der Waals surface area contributed by atoms with Gasteiger partial charge in [-0.3, -0.25) is 4.68 Å². The lowest BCUT2D eigenvalue weighted by atomic mass is 10.2. The molecule has 4 nitrogen and oxygen atoms in total. The average molecular weight is 233 g/mol. The van der Waals surface area contributed by atoms with Crippen molar-refractivity contribution >= 4 is 10.9 Å². The number of aliphatic hydroxyl groups excluding tert-OH is 1. The van der Waals surface area contributed by atoms with E-state index in [0.717, 1.165) is 30.4 Å². The van der Waals surface area contributed by atoms with Gasteiger partial charge in [-0.05, 0) is 19.0 Å². The maximum absolute atomic E-state index is 9.21. The summed E-state index contributed by atoms with van der Waals surface area (Å²) >= 11 is 0. The topological polar surface area (TPSA) is 50.1 Å². The van der Waals surface area contributed by atoms with E-state index in [1.54, 1.807) is 0 Å². The van der Waals surface area contributed by atoms with Gasteiger partial charge in [-0.2, -0.15) is 5.10 Å². The Morgan fingerprint density at radius 1 is 1.41 bits per heavy atom. The fourth-order valence-electron chi connectivity index (χ4n) is 2.03. The number of likely N-dealkylation sites (N-methyl/N-ethyl adjacent to an activating group) is 1. The fraction of sp³-hybridized carbons (Fsp3) is 0.462. The summed E-state index contributed by atoms with van der Waals surface area (Å²) in [5.41, 5.74) is 1.15. The first-order valence-electron chi connectivity index (χ1n) is 6.10. The molecular weight excluding hydrogens is 214 g/mol. The van der Waals surface area contributed by atoms with E-state index in [2.05, 4.69) is 22.5 Å². The molecule has 0 amide bonds. The zero-order valence-corrected chi connectivity index (χ0v) is 10.1. The highest BCUT2D eigenvalue weighted by molar-refractivity contribution is 5.78. The van der Waals surface area contributed by atoms with Gasteiger partial charge in [-0.25, -0.2) is 0 Å². The number of hydrogen-bond acceptors (Lipinski definition) is 3. The summed E-state index contributed by atoms with van der Waals surface area (Å²) in [6, 6.07) is 8.33. The van der Waals surface area contributed by atoms with Crippen molar-refractivity contribution in [3.05, 3.63) is 30.5 Å². The third-order valence-electron chi connectivity index (χ3n) is 2.95. The quantitative estimate of drug-likeness (QED) is 0.793. The summed E-state index contributed by atoms with van der Waals surface area (Å²) in [4.78, 5) is 0. The van der Waals surface area contributed by atoms with Gasteiger partial charge in [0.25, 0.3) is 0 Å². The zero-order chi connectivity index (χ0) is 12.1. The molecular formula is C13H19N3O. The third kappa shape index (κ3) is 2.84. The normalized spacial score (nSPS) is 13.1. The zero-order valence-electron chi connectivity index (χ0n) is 10.1. The first-order valence-corrected chi connectivity index (χ1v) is 6.10.